The number of ether oxygens (including phenoxy) is 2. The first-order chi connectivity index (χ1) is 7.72. The van der Waals surface area contributed by atoms with Gasteiger partial charge in [-0.25, -0.2) is 4.98 Å². The van der Waals surface area contributed by atoms with Crippen molar-refractivity contribution >= 4 is 22.6 Å². The van der Waals surface area contributed by atoms with E-state index >= 15 is 0 Å². The van der Waals surface area contributed by atoms with Gasteiger partial charge in [-0.1, -0.05) is 6.92 Å². The summed E-state index contributed by atoms with van der Waals surface area (Å²) in [6, 6.07) is 0. The molecule has 0 aromatic carbocycles. The molecule has 1 fully saturated rings. The van der Waals surface area contributed by atoms with E-state index in [1.54, 1.807) is 0 Å². The molecule has 0 radical (unpaired) electrons. The van der Waals surface area contributed by atoms with Crippen molar-refractivity contribution in [3.8, 4) is 0 Å². The molecule has 1 atom stereocenters. The van der Waals surface area contributed by atoms with Crippen molar-refractivity contribution in [1.29, 1.82) is 0 Å². The number of aromatic nitrogens is 2. The Hall–Kier alpha value is -0.470. The number of H-pyrrole nitrogens is 1. The summed E-state index contributed by atoms with van der Waals surface area (Å²) in [5, 5.41) is 0. The molecule has 88 valence electrons. The van der Waals surface area contributed by atoms with Gasteiger partial charge in [-0.05, 0) is 29.0 Å². The number of aromatic amines is 1. The van der Waals surface area contributed by atoms with E-state index in [1.807, 2.05) is 29.5 Å². The zero-order valence-electron chi connectivity index (χ0n) is 8.96. The van der Waals surface area contributed by atoms with Crippen molar-refractivity contribution < 1.29 is 9.47 Å². The van der Waals surface area contributed by atoms with Crippen LogP contribution in [0.15, 0.2) is 4.79 Å². The zero-order chi connectivity index (χ0) is 11.5. The molecule has 0 amide bonds. The molecule has 0 spiro atoms. The van der Waals surface area contributed by atoms with Crippen molar-refractivity contribution in [2.24, 2.45) is 0 Å². The molecule has 1 aliphatic heterocycles. The van der Waals surface area contributed by atoms with Crippen LogP contribution in [0.25, 0.3) is 0 Å². The lowest BCUT2D eigenvalue weighted by atomic mass is 10.3. The van der Waals surface area contributed by atoms with Crippen LogP contribution in [0.4, 0.5) is 0 Å². The largest absolute Gasteiger partial charge is 0.376 e. The summed E-state index contributed by atoms with van der Waals surface area (Å²) in [5.41, 5.74) is 0.713. The van der Waals surface area contributed by atoms with Crippen LogP contribution >= 0.6 is 22.6 Å². The second-order valence-corrected chi connectivity index (χ2v) is 4.58. The van der Waals surface area contributed by atoms with Crippen LogP contribution in [-0.4, -0.2) is 29.8 Å². The molecule has 1 unspecified atom stereocenters. The lowest BCUT2D eigenvalue weighted by Gasteiger charge is -2.22. The third kappa shape index (κ3) is 2.44. The topological polar surface area (TPSA) is 64.2 Å². The highest BCUT2D eigenvalue weighted by molar-refractivity contribution is 14.1. The second kappa shape index (κ2) is 5.24. The summed E-state index contributed by atoms with van der Waals surface area (Å²) in [6.07, 6.45) is 0.492. The van der Waals surface area contributed by atoms with Gasteiger partial charge < -0.3 is 14.5 Å². The van der Waals surface area contributed by atoms with E-state index in [2.05, 4.69) is 9.97 Å². The van der Waals surface area contributed by atoms with Crippen LogP contribution in [0, 0.1) is 3.57 Å². The molecule has 16 heavy (non-hydrogen) atoms. The Kier molecular flexibility index (Phi) is 3.93. The number of hydrogen-bond acceptors (Lipinski definition) is 4. The van der Waals surface area contributed by atoms with Crippen LogP contribution in [-0.2, 0) is 15.9 Å². The van der Waals surface area contributed by atoms with E-state index in [0.717, 1.165) is 12.1 Å². The first kappa shape index (κ1) is 12.0. The first-order valence-electron chi connectivity index (χ1n) is 5.20. The van der Waals surface area contributed by atoms with Crippen LogP contribution in [0.5, 0.6) is 0 Å². The van der Waals surface area contributed by atoms with E-state index < -0.39 is 0 Å². The molecule has 0 aliphatic carbocycles. The molecule has 0 bridgehead atoms. The molecule has 2 rings (SSSR count). The summed E-state index contributed by atoms with van der Waals surface area (Å²) in [4.78, 5) is 18.8. The van der Waals surface area contributed by atoms with Gasteiger partial charge in [-0.15, -0.1) is 0 Å². The fraction of sp³-hybridized carbons (Fsp3) is 0.600. The lowest BCUT2D eigenvalue weighted by Crippen LogP contribution is -2.27. The minimum atomic E-state index is -0.247. The van der Waals surface area contributed by atoms with Crippen molar-refractivity contribution in [3.05, 3.63) is 25.4 Å². The highest BCUT2D eigenvalue weighted by atomic mass is 127. The SMILES string of the molecule is CCc1nc(C2COCCO2)[nH]c(=O)c1I. The smallest absolute Gasteiger partial charge is 0.264 e. The summed E-state index contributed by atoms with van der Waals surface area (Å²) >= 11 is 2.01. The summed E-state index contributed by atoms with van der Waals surface area (Å²) < 4.78 is 11.4. The van der Waals surface area contributed by atoms with Gasteiger partial charge in [-0.2, -0.15) is 0 Å². The van der Waals surface area contributed by atoms with E-state index in [0.29, 0.717) is 29.2 Å². The van der Waals surface area contributed by atoms with Crippen molar-refractivity contribution in [2.75, 3.05) is 19.8 Å². The fourth-order valence-corrected chi connectivity index (χ4v) is 2.19. The number of hydrogen-bond donors (Lipinski definition) is 1. The van der Waals surface area contributed by atoms with Crippen LogP contribution in [0.3, 0.4) is 0 Å². The number of aryl methyl sites for hydroxylation is 1. The van der Waals surface area contributed by atoms with Gasteiger partial charge in [-0.3, -0.25) is 4.79 Å². The molecule has 1 aromatic rings. The lowest BCUT2D eigenvalue weighted by molar-refractivity contribution is -0.0936. The maximum atomic E-state index is 11.7. The zero-order valence-corrected chi connectivity index (χ0v) is 11.1. The van der Waals surface area contributed by atoms with Gasteiger partial charge in [0.1, 0.15) is 11.9 Å². The second-order valence-electron chi connectivity index (χ2n) is 3.50. The Morgan fingerprint density at radius 1 is 1.56 bits per heavy atom. The van der Waals surface area contributed by atoms with Crippen molar-refractivity contribution in [3.63, 3.8) is 0 Å². The highest BCUT2D eigenvalue weighted by Gasteiger charge is 2.20. The van der Waals surface area contributed by atoms with E-state index in [-0.39, 0.29) is 11.7 Å². The Bertz CT molecular complexity index is 427. The molecule has 0 saturated carbocycles. The average molecular weight is 336 g/mol. The van der Waals surface area contributed by atoms with Crippen molar-refractivity contribution in [1.82, 2.24) is 9.97 Å². The third-order valence-corrected chi connectivity index (χ3v) is 3.52. The van der Waals surface area contributed by atoms with Crippen molar-refractivity contribution in [2.45, 2.75) is 19.4 Å². The normalized spacial score (nSPS) is 21.0. The predicted molar refractivity (Wildman–Crippen MR) is 66.5 cm³/mol. The Labute approximate surface area is 107 Å². The third-order valence-electron chi connectivity index (χ3n) is 2.41. The van der Waals surface area contributed by atoms with E-state index in [4.69, 9.17) is 9.47 Å². The number of nitrogens with zero attached hydrogens (tertiary/aromatic N) is 1. The van der Waals surface area contributed by atoms with Gasteiger partial charge in [0.2, 0.25) is 0 Å². The molecule has 1 saturated heterocycles. The number of rotatable bonds is 2. The number of nitrogens with one attached hydrogen (secondary N) is 1. The van der Waals surface area contributed by atoms with Gasteiger partial charge in [0, 0.05) is 0 Å². The molecule has 6 heteroatoms. The summed E-state index contributed by atoms with van der Waals surface area (Å²) in [6.45, 7) is 3.58. The number of halogens is 1. The minimum Gasteiger partial charge on any atom is -0.376 e. The maximum absolute atomic E-state index is 11.7. The van der Waals surface area contributed by atoms with Gasteiger partial charge in [0.05, 0.1) is 29.1 Å². The molecular formula is C10H13IN2O3. The van der Waals surface area contributed by atoms with Gasteiger partial charge >= 0.3 is 0 Å². The molecule has 1 aromatic heterocycles. The Morgan fingerprint density at radius 2 is 2.38 bits per heavy atom. The van der Waals surface area contributed by atoms with E-state index in [1.165, 1.54) is 0 Å². The van der Waals surface area contributed by atoms with Crippen LogP contribution < -0.4 is 5.56 Å². The fourth-order valence-electron chi connectivity index (χ4n) is 1.56. The standard InChI is InChI=1S/C10H13IN2O3/c1-2-6-8(11)10(14)13-9(12-6)7-5-15-3-4-16-7/h7H,2-5H2,1H3,(H,12,13,14). The Balaban J connectivity index is 2.33. The molecular weight excluding hydrogens is 323 g/mol. The monoisotopic (exact) mass is 336 g/mol. The molecule has 1 aliphatic rings. The predicted octanol–water partition coefficient (Wildman–Crippen LogP) is 1.02. The first-order valence-corrected chi connectivity index (χ1v) is 6.28. The van der Waals surface area contributed by atoms with E-state index in [9.17, 15) is 4.79 Å². The quantitative estimate of drug-likeness (QED) is 0.820. The summed E-state index contributed by atoms with van der Waals surface area (Å²) in [7, 11) is 0. The van der Waals surface area contributed by atoms with Crippen LogP contribution in [0.1, 0.15) is 24.5 Å². The van der Waals surface area contributed by atoms with Gasteiger partial charge in [0.15, 0.2) is 0 Å². The Morgan fingerprint density at radius 3 is 3.00 bits per heavy atom. The molecule has 1 N–H and O–H groups in total. The highest BCUT2D eigenvalue weighted by Crippen LogP contribution is 2.17. The minimum absolute atomic E-state index is 0.100. The molecule has 2 heterocycles. The average Bonchev–Trinajstić information content (AvgIpc) is 2.33. The molecule has 5 nitrogen and oxygen atoms in total. The maximum Gasteiger partial charge on any atom is 0.264 e. The van der Waals surface area contributed by atoms with Gasteiger partial charge in [0.25, 0.3) is 5.56 Å². The van der Waals surface area contributed by atoms with Crippen LogP contribution in [0.2, 0.25) is 0 Å². The summed E-state index contributed by atoms with van der Waals surface area (Å²) in [5.74, 6) is 0.571.